The van der Waals surface area contributed by atoms with E-state index in [4.69, 9.17) is 9.66 Å². The Morgan fingerprint density at radius 3 is 1.23 bits per heavy atom. The molecule has 0 spiro atoms. The fraction of sp³-hybridized carbons (Fsp3) is 0.833. The van der Waals surface area contributed by atoms with Gasteiger partial charge in [-0.05, 0) is 0 Å². The molecule has 0 fully saturated rings. The fourth-order valence-corrected chi connectivity index (χ4v) is 1.66. The summed E-state index contributed by atoms with van der Waals surface area (Å²) in [7, 11) is -7.41. The summed E-state index contributed by atoms with van der Waals surface area (Å²) in [6, 6.07) is 0. The first kappa shape index (κ1) is 20.7. The van der Waals surface area contributed by atoms with Crippen molar-refractivity contribution in [2.45, 2.75) is 28.9 Å². The number of carboxylic acid groups (broad SMARTS) is 1. The number of rotatable bonds is 5. The summed E-state index contributed by atoms with van der Waals surface area (Å²) >= 11 is 0. The molecule has 0 saturated carbocycles. The lowest BCUT2D eigenvalue weighted by Crippen LogP contribution is -2.71. The van der Waals surface area contributed by atoms with Crippen molar-refractivity contribution in [2.75, 3.05) is 0 Å². The third-order valence-corrected chi connectivity index (χ3v) is 3.32. The molecule has 0 amide bonds. The molecule has 132 valence electrons. The molecule has 0 aliphatic heterocycles. The Morgan fingerprint density at radius 2 is 1.05 bits per heavy atom. The summed E-state index contributed by atoms with van der Waals surface area (Å²) in [6.07, 6.45) is -7.43. The average Bonchev–Trinajstić information content (AvgIpc) is 2.23. The second-order valence-corrected chi connectivity index (χ2v) is 5.11. The van der Waals surface area contributed by atoms with Gasteiger partial charge in [-0.3, -0.25) is 4.55 Å². The largest absolute Gasteiger partial charge is 0.478 e. The smallest absolute Gasteiger partial charge is 0.460 e. The molecule has 0 aliphatic rings. The predicted octanol–water partition coefficient (Wildman–Crippen LogP) is 2.09. The van der Waals surface area contributed by atoms with E-state index >= 15 is 0 Å². The standard InChI is InChI=1S/C6H2F10O5S/c7-2(1(17)18,22(19,20)21)3(8,9)4(10,11)5(12,13)6(14,15)16/h(H,17,18)(H,19,20,21). The van der Waals surface area contributed by atoms with Gasteiger partial charge in [0, 0.05) is 0 Å². The van der Waals surface area contributed by atoms with E-state index in [9.17, 15) is 57.1 Å². The van der Waals surface area contributed by atoms with E-state index in [1.54, 1.807) is 0 Å². The number of carbonyl (C=O) groups is 1. The molecule has 16 heteroatoms. The second-order valence-electron chi connectivity index (χ2n) is 3.60. The van der Waals surface area contributed by atoms with Crippen LogP contribution >= 0.6 is 0 Å². The maximum atomic E-state index is 13.2. The van der Waals surface area contributed by atoms with Gasteiger partial charge >= 0.3 is 45.0 Å². The van der Waals surface area contributed by atoms with Gasteiger partial charge in [-0.25, -0.2) is 9.18 Å². The van der Waals surface area contributed by atoms with Crippen LogP contribution in [0.3, 0.4) is 0 Å². The van der Waals surface area contributed by atoms with Crippen LogP contribution in [0.25, 0.3) is 0 Å². The van der Waals surface area contributed by atoms with Crippen LogP contribution in [-0.2, 0) is 14.9 Å². The first-order valence-corrected chi connectivity index (χ1v) is 5.73. The van der Waals surface area contributed by atoms with Crippen molar-refractivity contribution in [3.63, 3.8) is 0 Å². The number of hydrogen-bond donors (Lipinski definition) is 2. The number of hydrogen-bond acceptors (Lipinski definition) is 3. The van der Waals surface area contributed by atoms with E-state index < -0.39 is 45.0 Å². The highest BCUT2D eigenvalue weighted by molar-refractivity contribution is 7.88. The third kappa shape index (κ3) is 2.37. The fourth-order valence-electron chi connectivity index (χ4n) is 0.984. The Kier molecular flexibility index (Phi) is 4.55. The summed E-state index contributed by atoms with van der Waals surface area (Å²) in [5, 5.41) is 1.01. The number of carboxylic acids is 1. The average molecular weight is 376 g/mol. The number of halogens is 10. The van der Waals surface area contributed by atoms with Crippen LogP contribution in [0.4, 0.5) is 43.9 Å². The van der Waals surface area contributed by atoms with Crippen LogP contribution in [0, 0.1) is 0 Å². The van der Waals surface area contributed by atoms with Crippen molar-refractivity contribution in [2.24, 2.45) is 0 Å². The van der Waals surface area contributed by atoms with Crippen molar-refractivity contribution >= 4 is 16.1 Å². The van der Waals surface area contributed by atoms with Crippen molar-refractivity contribution < 1.29 is 66.8 Å². The van der Waals surface area contributed by atoms with Gasteiger partial charge < -0.3 is 5.11 Å². The van der Waals surface area contributed by atoms with Crippen LogP contribution in [0.2, 0.25) is 0 Å². The molecule has 0 aliphatic carbocycles. The summed E-state index contributed by atoms with van der Waals surface area (Å²) in [6.45, 7) is 0. The molecular weight excluding hydrogens is 374 g/mol. The van der Waals surface area contributed by atoms with Crippen LogP contribution < -0.4 is 0 Å². The van der Waals surface area contributed by atoms with E-state index in [1.807, 2.05) is 0 Å². The zero-order valence-corrected chi connectivity index (χ0v) is 10.1. The number of aliphatic carboxylic acids is 1. The molecule has 0 bridgehead atoms. The molecule has 0 rings (SSSR count). The van der Waals surface area contributed by atoms with E-state index in [0.29, 0.717) is 0 Å². The van der Waals surface area contributed by atoms with Gasteiger partial charge in [0.05, 0.1) is 0 Å². The highest BCUT2D eigenvalue weighted by atomic mass is 32.2. The Labute approximate surface area is 113 Å². The Balaban J connectivity index is 6.63. The highest BCUT2D eigenvalue weighted by Crippen LogP contribution is 2.57. The van der Waals surface area contributed by atoms with Crippen molar-refractivity contribution in [3.8, 4) is 0 Å². The molecule has 1 unspecified atom stereocenters. The molecule has 0 radical (unpaired) electrons. The van der Waals surface area contributed by atoms with Gasteiger partial charge in [0.1, 0.15) is 0 Å². The van der Waals surface area contributed by atoms with Crippen molar-refractivity contribution in [3.05, 3.63) is 0 Å². The molecule has 1 atom stereocenters. The van der Waals surface area contributed by atoms with Crippen LogP contribution in [0.15, 0.2) is 0 Å². The predicted molar refractivity (Wildman–Crippen MR) is 43.9 cm³/mol. The van der Waals surface area contributed by atoms with E-state index in [1.165, 1.54) is 0 Å². The minimum atomic E-state index is -7.89. The Bertz CT molecular complexity index is 565. The van der Waals surface area contributed by atoms with Crippen LogP contribution in [0.5, 0.6) is 0 Å². The van der Waals surface area contributed by atoms with Gasteiger partial charge in [0.15, 0.2) is 0 Å². The van der Waals surface area contributed by atoms with Gasteiger partial charge in [-0.2, -0.15) is 47.9 Å². The lowest BCUT2D eigenvalue weighted by atomic mass is 9.99. The quantitative estimate of drug-likeness (QED) is 0.567. The maximum Gasteiger partial charge on any atom is 0.460 e. The van der Waals surface area contributed by atoms with Gasteiger partial charge in [-0.1, -0.05) is 0 Å². The zero-order valence-electron chi connectivity index (χ0n) is 9.31. The third-order valence-electron chi connectivity index (χ3n) is 2.18. The summed E-state index contributed by atoms with van der Waals surface area (Å²) in [4.78, 5) is 10.1. The van der Waals surface area contributed by atoms with Crippen molar-refractivity contribution in [1.29, 1.82) is 0 Å². The molecule has 0 saturated heterocycles. The highest BCUT2D eigenvalue weighted by Gasteiger charge is 2.90. The van der Waals surface area contributed by atoms with Gasteiger partial charge in [-0.15, -0.1) is 0 Å². The lowest BCUT2D eigenvalue weighted by molar-refractivity contribution is -0.404. The first-order chi connectivity index (χ1) is 9.19. The molecule has 0 heterocycles. The topological polar surface area (TPSA) is 91.7 Å². The summed E-state index contributed by atoms with van der Waals surface area (Å²) < 4.78 is 153. The minimum absolute atomic E-state index is 4.14. The van der Waals surface area contributed by atoms with E-state index in [2.05, 4.69) is 0 Å². The lowest BCUT2D eigenvalue weighted by Gasteiger charge is -2.37. The molecule has 0 aromatic heterocycles. The summed E-state index contributed by atoms with van der Waals surface area (Å²) in [5.74, 6) is -27.5. The molecule has 22 heavy (non-hydrogen) atoms. The minimum Gasteiger partial charge on any atom is -0.478 e. The molecule has 2 N–H and O–H groups in total. The summed E-state index contributed by atoms with van der Waals surface area (Å²) in [5.41, 5.74) is 0. The first-order valence-electron chi connectivity index (χ1n) is 4.29. The van der Waals surface area contributed by atoms with Crippen molar-refractivity contribution in [1.82, 2.24) is 0 Å². The van der Waals surface area contributed by atoms with E-state index in [-0.39, 0.29) is 0 Å². The molecule has 0 aromatic carbocycles. The van der Waals surface area contributed by atoms with Gasteiger partial charge in [0.2, 0.25) is 0 Å². The zero-order chi connectivity index (χ0) is 18.6. The van der Waals surface area contributed by atoms with Gasteiger partial charge in [0.25, 0.3) is 0 Å². The number of alkyl halides is 10. The molecule has 0 aromatic rings. The normalized spacial score (nSPS) is 18.0. The monoisotopic (exact) mass is 376 g/mol. The van der Waals surface area contributed by atoms with Crippen LogP contribution in [0.1, 0.15) is 0 Å². The maximum absolute atomic E-state index is 13.2. The Morgan fingerprint density at radius 1 is 0.727 bits per heavy atom. The molecule has 5 nitrogen and oxygen atoms in total. The SMILES string of the molecule is O=C(O)C(F)(C(F)(F)C(F)(F)C(F)(F)C(F)(F)F)S(=O)(=O)O. The van der Waals surface area contributed by atoms with Crippen LogP contribution in [-0.4, -0.2) is 53.0 Å². The van der Waals surface area contributed by atoms with E-state index in [0.717, 1.165) is 0 Å². The molecular formula is C6H2F10O5S. The second kappa shape index (κ2) is 4.84. The Hall–Kier alpha value is -1.32.